The van der Waals surface area contributed by atoms with Crippen LogP contribution in [0, 0.1) is 0 Å². The summed E-state index contributed by atoms with van der Waals surface area (Å²) in [7, 11) is 1.84. The Morgan fingerprint density at radius 1 is 1.37 bits per heavy atom. The van der Waals surface area contributed by atoms with Crippen molar-refractivity contribution in [1.82, 2.24) is 15.3 Å². The van der Waals surface area contributed by atoms with Gasteiger partial charge in [0, 0.05) is 18.4 Å². The van der Waals surface area contributed by atoms with Crippen LogP contribution in [0.3, 0.4) is 0 Å². The van der Waals surface area contributed by atoms with Crippen LogP contribution in [-0.2, 0) is 6.54 Å². The third kappa shape index (κ3) is 3.26. The molecule has 0 aliphatic rings. The van der Waals surface area contributed by atoms with E-state index in [9.17, 15) is 9.59 Å². The first-order chi connectivity index (χ1) is 9.20. The Balaban J connectivity index is 2.19. The zero-order valence-electron chi connectivity index (χ0n) is 10.4. The molecule has 6 heteroatoms. The number of carbonyl (C=O) groups excluding carboxylic acids is 1. The van der Waals surface area contributed by atoms with Gasteiger partial charge in [0.05, 0.1) is 6.20 Å². The van der Waals surface area contributed by atoms with Crippen LogP contribution in [-0.4, -0.2) is 22.9 Å². The second kappa shape index (κ2) is 5.92. The Kier molecular flexibility index (Phi) is 4.04. The number of hydrogen-bond donors (Lipinski definition) is 3. The van der Waals surface area contributed by atoms with Crippen LogP contribution < -0.4 is 16.2 Å². The molecule has 6 nitrogen and oxygen atoms in total. The normalized spacial score (nSPS) is 10.2. The maximum absolute atomic E-state index is 12.0. The summed E-state index contributed by atoms with van der Waals surface area (Å²) >= 11 is 0. The number of nitrogens with zero attached hydrogens (tertiary/aromatic N) is 1. The van der Waals surface area contributed by atoms with Crippen LogP contribution in [0.5, 0.6) is 0 Å². The number of aromatic amines is 1. The van der Waals surface area contributed by atoms with Crippen molar-refractivity contribution in [2.45, 2.75) is 6.54 Å². The Bertz CT molecular complexity index is 616. The fraction of sp³-hybridized carbons (Fsp3) is 0.154. The lowest BCUT2D eigenvalue weighted by atomic mass is 10.1. The van der Waals surface area contributed by atoms with Crippen molar-refractivity contribution >= 4 is 11.6 Å². The van der Waals surface area contributed by atoms with E-state index < -0.39 is 0 Å². The Labute approximate surface area is 109 Å². The largest absolute Gasteiger partial charge is 0.325 e. The molecule has 0 radical (unpaired) electrons. The van der Waals surface area contributed by atoms with Crippen molar-refractivity contribution in [3.8, 4) is 0 Å². The summed E-state index contributed by atoms with van der Waals surface area (Å²) in [5, 5.41) is 5.80. The maximum Gasteiger partial charge on any atom is 0.275 e. The van der Waals surface area contributed by atoms with Crippen LogP contribution in [0.25, 0.3) is 0 Å². The molecule has 3 N–H and O–H groups in total. The second-order valence-electron chi connectivity index (χ2n) is 3.94. The molecule has 0 saturated heterocycles. The molecular formula is C13H14N4O2. The highest BCUT2D eigenvalue weighted by atomic mass is 16.2. The Morgan fingerprint density at radius 2 is 2.16 bits per heavy atom. The van der Waals surface area contributed by atoms with Gasteiger partial charge < -0.3 is 15.6 Å². The van der Waals surface area contributed by atoms with Crippen molar-refractivity contribution in [2.75, 3.05) is 12.4 Å². The van der Waals surface area contributed by atoms with Gasteiger partial charge in [0.25, 0.3) is 11.5 Å². The summed E-state index contributed by atoms with van der Waals surface area (Å²) in [6.07, 6.45) is 2.37. The molecule has 19 heavy (non-hydrogen) atoms. The molecule has 0 atom stereocenters. The number of rotatable bonds is 4. The molecule has 2 rings (SSSR count). The highest BCUT2D eigenvalue weighted by Gasteiger charge is 2.09. The van der Waals surface area contributed by atoms with Gasteiger partial charge in [0.15, 0.2) is 0 Å². The van der Waals surface area contributed by atoms with Crippen molar-refractivity contribution in [2.24, 2.45) is 0 Å². The molecule has 0 spiro atoms. The fourth-order valence-electron chi connectivity index (χ4n) is 1.64. The standard InChI is InChI=1S/C13H14N4O2/c1-14-6-9-4-2-3-5-10(9)17-13(19)11-7-16-12(18)8-15-11/h2-5,7-8,14H,6H2,1H3,(H,16,18)(H,17,19). The predicted octanol–water partition coefficient (Wildman–Crippen LogP) is 0.742. The number of para-hydroxylation sites is 1. The fourth-order valence-corrected chi connectivity index (χ4v) is 1.64. The topological polar surface area (TPSA) is 86.9 Å². The van der Waals surface area contributed by atoms with Gasteiger partial charge in [-0.15, -0.1) is 0 Å². The zero-order chi connectivity index (χ0) is 13.7. The molecule has 1 amide bonds. The van der Waals surface area contributed by atoms with E-state index in [1.807, 2.05) is 31.3 Å². The number of H-pyrrole nitrogens is 1. The van der Waals surface area contributed by atoms with E-state index in [1.54, 1.807) is 0 Å². The highest BCUT2D eigenvalue weighted by molar-refractivity contribution is 6.03. The molecular weight excluding hydrogens is 244 g/mol. The lowest BCUT2D eigenvalue weighted by Crippen LogP contribution is -2.18. The minimum absolute atomic E-state index is 0.166. The Morgan fingerprint density at radius 3 is 2.84 bits per heavy atom. The minimum atomic E-state index is -0.361. The molecule has 0 fully saturated rings. The molecule has 0 bridgehead atoms. The first-order valence-electron chi connectivity index (χ1n) is 5.79. The number of benzene rings is 1. The highest BCUT2D eigenvalue weighted by Crippen LogP contribution is 2.15. The van der Waals surface area contributed by atoms with Crippen molar-refractivity contribution in [3.63, 3.8) is 0 Å². The molecule has 2 aromatic rings. The minimum Gasteiger partial charge on any atom is -0.325 e. The number of carbonyl (C=O) groups is 1. The quantitative estimate of drug-likeness (QED) is 0.755. The Hall–Kier alpha value is -2.47. The first kappa shape index (κ1) is 13.0. The van der Waals surface area contributed by atoms with Crippen molar-refractivity contribution in [3.05, 3.63) is 58.3 Å². The number of amides is 1. The van der Waals surface area contributed by atoms with E-state index in [0.717, 1.165) is 17.4 Å². The zero-order valence-corrected chi connectivity index (χ0v) is 10.4. The molecule has 1 heterocycles. The average Bonchev–Trinajstić information content (AvgIpc) is 2.42. The van der Waals surface area contributed by atoms with Gasteiger partial charge in [-0.1, -0.05) is 18.2 Å². The van der Waals surface area contributed by atoms with Crippen molar-refractivity contribution < 1.29 is 4.79 Å². The van der Waals surface area contributed by atoms with Gasteiger partial charge in [0.1, 0.15) is 5.69 Å². The molecule has 0 saturated carbocycles. The molecule has 0 aliphatic heterocycles. The summed E-state index contributed by atoms with van der Waals surface area (Å²) in [4.78, 5) is 29.0. The maximum atomic E-state index is 12.0. The summed E-state index contributed by atoms with van der Waals surface area (Å²) in [6, 6.07) is 7.48. The van der Waals surface area contributed by atoms with Gasteiger partial charge in [-0.3, -0.25) is 9.59 Å². The summed E-state index contributed by atoms with van der Waals surface area (Å²) in [5.74, 6) is -0.361. The molecule has 1 aromatic heterocycles. The van der Waals surface area contributed by atoms with E-state index >= 15 is 0 Å². The van der Waals surface area contributed by atoms with Gasteiger partial charge in [-0.25, -0.2) is 4.98 Å². The van der Waals surface area contributed by atoms with E-state index in [-0.39, 0.29) is 17.2 Å². The number of anilines is 1. The van der Waals surface area contributed by atoms with E-state index in [2.05, 4.69) is 20.6 Å². The third-order valence-electron chi connectivity index (χ3n) is 2.54. The lowest BCUT2D eigenvalue weighted by molar-refractivity contribution is 0.102. The smallest absolute Gasteiger partial charge is 0.275 e. The number of hydrogen-bond acceptors (Lipinski definition) is 4. The number of aromatic nitrogens is 2. The first-order valence-corrected chi connectivity index (χ1v) is 5.79. The SMILES string of the molecule is CNCc1ccccc1NC(=O)c1c[nH]c(=O)cn1. The van der Waals surface area contributed by atoms with Gasteiger partial charge in [-0.05, 0) is 18.7 Å². The molecule has 0 aliphatic carbocycles. The lowest BCUT2D eigenvalue weighted by Gasteiger charge is -2.10. The monoisotopic (exact) mass is 258 g/mol. The number of nitrogens with one attached hydrogen (secondary N) is 3. The van der Waals surface area contributed by atoms with Crippen LogP contribution in [0.2, 0.25) is 0 Å². The van der Waals surface area contributed by atoms with E-state index in [0.29, 0.717) is 6.54 Å². The third-order valence-corrected chi connectivity index (χ3v) is 2.54. The van der Waals surface area contributed by atoms with Gasteiger partial charge in [-0.2, -0.15) is 0 Å². The molecule has 1 aromatic carbocycles. The summed E-state index contributed by atoms with van der Waals surface area (Å²) in [6.45, 7) is 0.648. The van der Waals surface area contributed by atoms with Crippen molar-refractivity contribution in [1.29, 1.82) is 0 Å². The predicted molar refractivity (Wildman–Crippen MR) is 72.0 cm³/mol. The average molecular weight is 258 g/mol. The van der Waals surface area contributed by atoms with Gasteiger partial charge in [0.2, 0.25) is 0 Å². The van der Waals surface area contributed by atoms with Crippen LogP contribution in [0.4, 0.5) is 5.69 Å². The van der Waals surface area contributed by atoms with Gasteiger partial charge >= 0.3 is 0 Å². The molecule has 0 unspecified atom stereocenters. The summed E-state index contributed by atoms with van der Waals surface area (Å²) < 4.78 is 0. The van der Waals surface area contributed by atoms with E-state index in [4.69, 9.17) is 0 Å². The van der Waals surface area contributed by atoms with Crippen LogP contribution in [0.15, 0.2) is 41.5 Å². The van der Waals surface area contributed by atoms with E-state index in [1.165, 1.54) is 6.20 Å². The van der Waals surface area contributed by atoms with Crippen LogP contribution >= 0.6 is 0 Å². The molecule has 98 valence electrons. The van der Waals surface area contributed by atoms with Crippen LogP contribution in [0.1, 0.15) is 16.1 Å². The summed E-state index contributed by atoms with van der Waals surface area (Å²) in [5.41, 5.74) is 1.52. The second-order valence-corrected chi connectivity index (χ2v) is 3.94.